The summed E-state index contributed by atoms with van der Waals surface area (Å²) in [7, 11) is 0. The van der Waals surface area contributed by atoms with Crippen molar-refractivity contribution >= 4 is 0 Å². The van der Waals surface area contributed by atoms with Crippen molar-refractivity contribution in [1.29, 1.82) is 0 Å². The molecule has 2 bridgehead atoms. The fraction of sp³-hybridized carbons (Fsp3) is 0.769. The van der Waals surface area contributed by atoms with Gasteiger partial charge in [0.1, 0.15) is 18.0 Å². The van der Waals surface area contributed by atoms with Gasteiger partial charge in [-0.2, -0.15) is 0 Å². The largest absolute Gasteiger partial charge is 0.389 e. The molecule has 0 amide bonds. The number of aryl methyl sites for hydroxylation is 1. The van der Waals surface area contributed by atoms with Gasteiger partial charge in [-0.15, -0.1) is 0 Å². The van der Waals surface area contributed by atoms with Crippen molar-refractivity contribution in [3.05, 3.63) is 18.2 Å². The maximum atomic E-state index is 10.7. The number of nitrogens with one attached hydrogen (secondary N) is 1. The van der Waals surface area contributed by atoms with Crippen LogP contribution in [0.1, 0.15) is 25.7 Å². The molecule has 5 atom stereocenters. The second-order valence-corrected chi connectivity index (χ2v) is 5.59. The molecule has 106 valence electrons. The van der Waals surface area contributed by atoms with Gasteiger partial charge in [-0.3, -0.25) is 0 Å². The minimum absolute atomic E-state index is 0.0810. The molecule has 3 rings (SSSR count). The van der Waals surface area contributed by atoms with Crippen molar-refractivity contribution in [3.8, 4) is 0 Å². The van der Waals surface area contributed by atoms with Gasteiger partial charge in [0, 0.05) is 18.4 Å². The molecular formula is C13H21N3O3. The SMILES string of the molecule is Cc1nccn1C1C2OCC(O2)C(NC(C)C)C1O. The smallest absolute Gasteiger partial charge is 0.181 e. The summed E-state index contributed by atoms with van der Waals surface area (Å²) in [4.78, 5) is 4.21. The third-order valence-electron chi connectivity index (χ3n) is 3.84. The summed E-state index contributed by atoms with van der Waals surface area (Å²) >= 11 is 0. The molecule has 0 aromatic carbocycles. The number of fused-ring (bicyclic) bond motifs is 2. The quantitative estimate of drug-likeness (QED) is 0.819. The number of hydrogen-bond acceptors (Lipinski definition) is 5. The molecule has 19 heavy (non-hydrogen) atoms. The average Bonchev–Trinajstić information content (AvgIpc) is 2.94. The lowest BCUT2D eigenvalue weighted by Crippen LogP contribution is -2.59. The van der Waals surface area contributed by atoms with Gasteiger partial charge < -0.3 is 24.5 Å². The highest BCUT2D eigenvalue weighted by Crippen LogP contribution is 2.36. The predicted molar refractivity (Wildman–Crippen MR) is 68.7 cm³/mol. The molecule has 2 N–H and O–H groups in total. The van der Waals surface area contributed by atoms with Crippen LogP contribution < -0.4 is 5.32 Å². The summed E-state index contributed by atoms with van der Waals surface area (Å²) in [5, 5.41) is 14.1. The summed E-state index contributed by atoms with van der Waals surface area (Å²) in [6, 6.07) is -0.0898. The van der Waals surface area contributed by atoms with Crippen molar-refractivity contribution in [3.63, 3.8) is 0 Å². The molecule has 6 heteroatoms. The number of nitrogens with zero attached hydrogens (tertiary/aromatic N) is 2. The number of aliphatic hydroxyl groups is 1. The first-order valence-electron chi connectivity index (χ1n) is 6.78. The fourth-order valence-corrected chi connectivity index (χ4v) is 2.99. The van der Waals surface area contributed by atoms with E-state index in [0.717, 1.165) is 5.82 Å². The Labute approximate surface area is 112 Å². The monoisotopic (exact) mass is 267 g/mol. The molecule has 0 spiro atoms. The van der Waals surface area contributed by atoms with Crippen molar-refractivity contribution in [2.45, 2.75) is 57.4 Å². The highest BCUT2D eigenvalue weighted by atomic mass is 16.7. The van der Waals surface area contributed by atoms with E-state index in [1.807, 2.05) is 17.7 Å². The molecule has 5 unspecified atom stereocenters. The molecule has 2 aliphatic heterocycles. The van der Waals surface area contributed by atoms with E-state index in [-0.39, 0.29) is 24.2 Å². The summed E-state index contributed by atoms with van der Waals surface area (Å²) < 4.78 is 13.5. The molecule has 2 fully saturated rings. The third-order valence-corrected chi connectivity index (χ3v) is 3.84. The first-order valence-corrected chi connectivity index (χ1v) is 6.78. The molecule has 1 aromatic rings. The second-order valence-electron chi connectivity index (χ2n) is 5.59. The summed E-state index contributed by atoms with van der Waals surface area (Å²) in [5.74, 6) is 0.852. The first kappa shape index (κ1) is 13.1. The van der Waals surface area contributed by atoms with Crippen LogP contribution >= 0.6 is 0 Å². The van der Waals surface area contributed by atoms with E-state index in [1.54, 1.807) is 6.20 Å². The minimum atomic E-state index is -0.554. The van der Waals surface area contributed by atoms with E-state index in [1.165, 1.54) is 0 Å². The van der Waals surface area contributed by atoms with E-state index in [4.69, 9.17) is 9.47 Å². The lowest BCUT2D eigenvalue weighted by Gasteiger charge is -2.40. The van der Waals surface area contributed by atoms with Crippen molar-refractivity contribution in [1.82, 2.24) is 14.9 Å². The van der Waals surface area contributed by atoms with E-state index in [0.29, 0.717) is 6.61 Å². The standard InChI is InChI=1S/C13H21N3O3/c1-7(2)15-10-9-6-18-13(19-9)11(12(10)17)16-5-4-14-8(16)3/h4-5,7,9-13,15,17H,6H2,1-3H3. The minimum Gasteiger partial charge on any atom is -0.389 e. The van der Waals surface area contributed by atoms with Crippen LogP contribution in [0.2, 0.25) is 0 Å². The Morgan fingerprint density at radius 2 is 2.32 bits per heavy atom. The van der Waals surface area contributed by atoms with Crippen molar-refractivity contribution < 1.29 is 14.6 Å². The van der Waals surface area contributed by atoms with E-state index >= 15 is 0 Å². The number of ether oxygens (including phenoxy) is 2. The maximum absolute atomic E-state index is 10.7. The molecular weight excluding hydrogens is 246 g/mol. The van der Waals surface area contributed by atoms with Gasteiger partial charge in [-0.1, -0.05) is 13.8 Å². The molecule has 6 nitrogen and oxygen atoms in total. The molecule has 2 aliphatic rings. The first-order chi connectivity index (χ1) is 9.08. The summed E-state index contributed by atoms with van der Waals surface area (Å²) in [5.41, 5.74) is 0. The highest BCUT2D eigenvalue weighted by molar-refractivity contribution is 5.04. The number of aliphatic hydroxyl groups excluding tert-OH is 1. The van der Waals surface area contributed by atoms with E-state index in [2.05, 4.69) is 24.1 Å². The van der Waals surface area contributed by atoms with Gasteiger partial charge in [-0.05, 0) is 6.92 Å². The van der Waals surface area contributed by atoms with Gasteiger partial charge in [0.2, 0.25) is 0 Å². The number of hydrogen-bond donors (Lipinski definition) is 2. The Bertz CT molecular complexity index is 448. The maximum Gasteiger partial charge on any atom is 0.181 e. The zero-order valence-corrected chi connectivity index (χ0v) is 11.5. The van der Waals surface area contributed by atoms with E-state index in [9.17, 15) is 5.11 Å². The Balaban J connectivity index is 1.89. The Morgan fingerprint density at radius 1 is 1.53 bits per heavy atom. The van der Waals surface area contributed by atoms with Crippen LogP contribution in [0, 0.1) is 6.92 Å². The van der Waals surface area contributed by atoms with Crippen LogP contribution in [0.5, 0.6) is 0 Å². The number of imidazole rings is 1. The van der Waals surface area contributed by atoms with Crippen LogP contribution in [0.25, 0.3) is 0 Å². The topological polar surface area (TPSA) is 68.5 Å². The Kier molecular flexibility index (Phi) is 3.34. The summed E-state index contributed by atoms with van der Waals surface area (Å²) in [6.07, 6.45) is 2.57. The van der Waals surface area contributed by atoms with Gasteiger partial charge in [0.25, 0.3) is 0 Å². The summed E-state index contributed by atoms with van der Waals surface area (Å²) in [6.45, 7) is 6.56. The number of aromatic nitrogens is 2. The van der Waals surface area contributed by atoms with Crippen LogP contribution in [-0.4, -0.2) is 51.8 Å². The van der Waals surface area contributed by atoms with E-state index < -0.39 is 12.4 Å². The zero-order chi connectivity index (χ0) is 13.6. The van der Waals surface area contributed by atoms with Gasteiger partial charge in [-0.25, -0.2) is 4.98 Å². The van der Waals surface area contributed by atoms with Crippen LogP contribution in [0.3, 0.4) is 0 Å². The molecule has 0 radical (unpaired) electrons. The fourth-order valence-electron chi connectivity index (χ4n) is 2.99. The van der Waals surface area contributed by atoms with Crippen LogP contribution in [0.15, 0.2) is 12.4 Å². The predicted octanol–water partition coefficient (Wildman–Crippen LogP) is 0.215. The second kappa shape index (κ2) is 4.86. The number of rotatable bonds is 3. The Hall–Kier alpha value is -0.950. The molecule has 0 saturated carbocycles. The van der Waals surface area contributed by atoms with Gasteiger partial charge >= 0.3 is 0 Å². The molecule has 2 saturated heterocycles. The lowest BCUT2D eigenvalue weighted by molar-refractivity contribution is -0.166. The highest BCUT2D eigenvalue weighted by Gasteiger charge is 2.51. The van der Waals surface area contributed by atoms with Crippen LogP contribution in [0.4, 0.5) is 0 Å². The van der Waals surface area contributed by atoms with Gasteiger partial charge in [0.15, 0.2) is 6.29 Å². The zero-order valence-electron chi connectivity index (χ0n) is 11.5. The normalized spacial score (nSPS) is 38.1. The lowest BCUT2D eigenvalue weighted by atomic mass is 9.95. The molecule has 0 aliphatic carbocycles. The van der Waals surface area contributed by atoms with Crippen molar-refractivity contribution in [2.24, 2.45) is 0 Å². The Morgan fingerprint density at radius 3 is 2.95 bits per heavy atom. The molecule has 3 heterocycles. The molecule has 1 aromatic heterocycles. The van der Waals surface area contributed by atoms with Gasteiger partial charge in [0.05, 0.1) is 18.8 Å². The van der Waals surface area contributed by atoms with Crippen LogP contribution in [-0.2, 0) is 9.47 Å². The average molecular weight is 267 g/mol. The van der Waals surface area contributed by atoms with Crippen molar-refractivity contribution in [2.75, 3.05) is 6.61 Å². The third kappa shape index (κ3) is 2.18.